The average Bonchev–Trinajstić information content (AvgIpc) is 2.91. The molecule has 0 spiro atoms. The van der Waals surface area contributed by atoms with Gasteiger partial charge in [0.2, 0.25) is 6.79 Å². The Hall–Kier alpha value is -2.74. The van der Waals surface area contributed by atoms with Crippen LogP contribution in [0, 0.1) is 11.3 Å². The summed E-state index contributed by atoms with van der Waals surface area (Å²) in [6.45, 7) is 4.11. The van der Waals surface area contributed by atoms with E-state index in [4.69, 9.17) is 9.47 Å². The van der Waals surface area contributed by atoms with Crippen molar-refractivity contribution in [2.45, 2.75) is 25.8 Å². The van der Waals surface area contributed by atoms with Crippen LogP contribution in [0.25, 0.3) is 6.08 Å². The summed E-state index contributed by atoms with van der Waals surface area (Å²) in [7, 11) is 0. The minimum Gasteiger partial charge on any atom is -0.454 e. The average molecular weight is 296 g/mol. The first-order valence-electron chi connectivity index (χ1n) is 7.02. The molecule has 5 heteroatoms. The first kappa shape index (κ1) is 14.2. The van der Waals surface area contributed by atoms with Crippen LogP contribution in [0.1, 0.15) is 25.8 Å². The second kappa shape index (κ2) is 5.23. The highest BCUT2D eigenvalue weighted by molar-refractivity contribution is 6.00. The molecule has 3 rings (SSSR count). The fourth-order valence-electron chi connectivity index (χ4n) is 2.60. The molecular formula is C17H16N2O3. The van der Waals surface area contributed by atoms with E-state index in [0.29, 0.717) is 12.2 Å². The van der Waals surface area contributed by atoms with E-state index in [9.17, 15) is 10.1 Å². The maximum atomic E-state index is 12.0. The molecule has 22 heavy (non-hydrogen) atoms. The van der Waals surface area contributed by atoms with Crippen molar-refractivity contribution in [1.29, 1.82) is 5.26 Å². The van der Waals surface area contributed by atoms with Crippen molar-refractivity contribution >= 4 is 12.0 Å². The number of fused-ring (bicyclic) bond motifs is 1. The first-order valence-corrected chi connectivity index (χ1v) is 7.02. The molecule has 112 valence electrons. The van der Waals surface area contributed by atoms with Crippen molar-refractivity contribution in [3.8, 4) is 17.6 Å². The zero-order chi connectivity index (χ0) is 15.7. The van der Waals surface area contributed by atoms with Crippen LogP contribution in [0.3, 0.4) is 0 Å². The van der Waals surface area contributed by atoms with Gasteiger partial charge in [-0.05, 0) is 43.5 Å². The lowest BCUT2D eigenvalue weighted by molar-refractivity contribution is -0.119. The van der Waals surface area contributed by atoms with Crippen molar-refractivity contribution in [3.63, 3.8) is 0 Å². The van der Waals surface area contributed by atoms with Gasteiger partial charge in [0, 0.05) is 5.54 Å². The number of hydrogen-bond donors (Lipinski definition) is 1. The molecular weight excluding hydrogens is 280 g/mol. The van der Waals surface area contributed by atoms with Gasteiger partial charge in [0.15, 0.2) is 11.5 Å². The van der Waals surface area contributed by atoms with Crippen LogP contribution in [0.15, 0.2) is 35.4 Å². The summed E-state index contributed by atoms with van der Waals surface area (Å²) >= 11 is 0. The summed E-state index contributed by atoms with van der Waals surface area (Å²) in [5.41, 5.74) is 1.49. The molecule has 0 unspecified atom stereocenters. The van der Waals surface area contributed by atoms with E-state index >= 15 is 0 Å². The number of nitriles is 1. The van der Waals surface area contributed by atoms with Gasteiger partial charge in [0.25, 0.3) is 5.91 Å². The number of benzene rings is 1. The van der Waals surface area contributed by atoms with Crippen LogP contribution in [0.4, 0.5) is 0 Å². The Morgan fingerprint density at radius 3 is 2.82 bits per heavy atom. The Labute approximate surface area is 128 Å². The lowest BCUT2D eigenvalue weighted by Crippen LogP contribution is -2.47. The largest absolute Gasteiger partial charge is 0.454 e. The lowest BCUT2D eigenvalue weighted by atomic mass is 9.87. The minimum absolute atomic E-state index is 0.177. The number of allylic oxidation sites excluding steroid dienone is 1. The van der Waals surface area contributed by atoms with Crippen LogP contribution in [0.2, 0.25) is 0 Å². The monoisotopic (exact) mass is 296 g/mol. The number of carbonyl (C=O) groups excluding carboxylic acids is 1. The van der Waals surface area contributed by atoms with Crippen molar-refractivity contribution in [2.75, 3.05) is 6.79 Å². The third kappa shape index (κ3) is 2.68. The molecule has 2 aliphatic rings. The van der Waals surface area contributed by atoms with Crippen molar-refractivity contribution in [2.24, 2.45) is 0 Å². The molecule has 0 aliphatic carbocycles. The van der Waals surface area contributed by atoms with E-state index in [1.165, 1.54) is 0 Å². The fraction of sp³-hybridized carbons (Fsp3) is 0.294. The smallest absolute Gasteiger partial charge is 0.262 e. The summed E-state index contributed by atoms with van der Waals surface area (Å²) in [5.74, 6) is 1.12. The fourth-order valence-corrected chi connectivity index (χ4v) is 2.60. The summed E-state index contributed by atoms with van der Waals surface area (Å²) in [6, 6.07) is 7.62. The third-order valence-corrected chi connectivity index (χ3v) is 3.62. The van der Waals surface area contributed by atoms with E-state index in [-0.39, 0.29) is 23.8 Å². The van der Waals surface area contributed by atoms with Crippen LogP contribution in [-0.4, -0.2) is 18.2 Å². The maximum absolute atomic E-state index is 12.0. The predicted octanol–water partition coefficient (Wildman–Crippen LogP) is 2.55. The molecule has 1 N–H and O–H groups in total. The van der Waals surface area contributed by atoms with Gasteiger partial charge in [-0.3, -0.25) is 4.79 Å². The normalized spacial score (nSPS) is 19.2. The Morgan fingerprint density at radius 2 is 2.05 bits per heavy atom. The highest BCUT2D eigenvalue weighted by Crippen LogP contribution is 2.33. The Morgan fingerprint density at radius 1 is 1.27 bits per heavy atom. The van der Waals surface area contributed by atoms with Gasteiger partial charge in [-0.1, -0.05) is 18.2 Å². The van der Waals surface area contributed by atoms with Gasteiger partial charge in [-0.25, -0.2) is 0 Å². The molecule has 2 heterocycles. The number of nitrogens with zero attached hydrogens (tertiary/aromatic N) is 1. The SMILES string of the molecule is CC1(C)CC(/C=C/c2ccc3c(c2)OCO3)=C(C#N)C(=O)N1. The van der Waals surface area contributed by atoms with Gasteiger partial charge in [0.05, 0.1) is 0 Å². The standard InChI is InChI=1S/C17H16N2O3/c1-17(2)8-12(13(9-18)16(20)19-17)5-3-11-4-6-14-15(7-11)22-10-21-14/h3-7H,8,10H2,1-2H3,(H,19,20)/b5-3+. The maximum Gasteiger partial charge on any atom is 0.262 e. The Bertz CT molecular complexity index is 739. The molecule has 0 aromatic heterocycles. The van der Waals surface area contributed by atoms with Crippen LogP contribution in [-0.2, 0) is 4.79 Å². The van der Waals surface area contributed by atoms with Crippen LogP contribution >= 0.6 is 0 Å². The summed E-state index contributed by atoms with van der Waals surface area (Å²) in [5, 5.41) is 12.0. The van der Waals surface area contributed by atoms with Gasteiger partial charge in [0.1, 0.15) is 11.6 Å². The van der Waals surface area contributed by atoms with Gasteiger partial charge in [-0.15, -0.1) is 0 Å². The number of rotatable bonds is 2. The summed E-state index contributed by atoms with van der Waals surface area (Å²) in [6.07, 6.45) is 4.32. The molecule has 5 nitrogen and oxygen atoms in total. The Kier molecular flexibility index (Phi) is 3.38. The third-order valence-electron chi connectivity index (χ3n) is 3.62. The predicted molar refractivity (Wildman–Crippen MR) is 81.1 cm³/mol. The van der Waals surface area contributed by atoms with E-state index in [1.54, 1.807) is 0 Å². The Balaban J connectivity index is 1.90. The quantitative estimate of drug-likeness (QED) is 0.910. The number of nitrogens with one attached hydrogen (secondary N) is 1. The molecule has 0 saturated heterocycles. The van der Waals surface area contributed by atoms with E-state index in [1.807, 2.05) is 50.3 Å². The topological polar surface area (TPSA) is 71.3 Å². The molecule has 2 aliphatic heterocycles. The number of carbonyl (C=O) groups is 1. The van der Waals surface area contributed by atoms with Gasteiger partial charge >= 0.3 is 0 Å². The molecule has 1 aromatic carbocycles. The molecule has 0 fully saturated rings. The molecule has 1 aromatic rings. The minimum atomic E-state index is -0.355. The molecule has 0 atom stereocenters. The van der Waals surface area contributed by atoms with Crippen LogP contribution < -0.4 is 14.8 Å². The second-order valence-corrected chi connectivity index (χ2v) is 5.97. The molecule has 0 bridgehead atoms. The highest BCUT2D eigenvalue weighted by atomic mass is 16.7. The number of ether oxygens (including phenoxy) is 2. The molecule has 0 saturated carbocycles. The van der Waals surface area contributed by atoms with Gasteiger partial charge in [-0.2, -0.15) is 5.26 Å². The first-order chi connectivity index (χ1) is 10.5. The molecule has 0 radical (unpaired) electrons. The number of hydrogen-bond acceptors (Lipinski definition) is 4. The molecule has 1 amide bonds. The summed E-state index contributed by atoms with van der Waals surface area (Å²) < 4.78 is 10.6. The zero-order valence-corrected chi connectivity index (χ0v) is 12.5. The highest BCUT2D eigenvalue weighted by Gasteiger charge is 2.30. The van der Waals surface area contributed by atoms with Crippen molar-refractivity contribution in [1.82, 2.24) is 5.32 Å². The van der Waals surface area contributed by atoms with Crippen molar-refractivity contribution < 1.29 is 14.3 Å². The number of amides is 1. The second-order valence-electron chi connectivity index (χ2n) is 5.97. The zero-order valence-electron chi connectivity index (χ0n) is 12.5. The van der Waals surface area contributed by atoms with E-state index in [2.05, 4.69) is 5.32 Å². The van der Waals surface area contributed by atoms with E-state index < -0.39 is 0 Å². The lowest BCUT2D eigenvalue weighted by Gasteiger charge is -2.31. The van der Waals surface area contributed by atoms with Crippen LogP contribution in [0.5, 0.6) is 11.5 Å². The van der Waals surface area contributed by atoms with Gasteiger partial charge < -0.3 is 14.8 Å². The summed E-state index contributed by atoms with van der Waals surface area (Å²) in [4.78, 5) is 12.0. The van der Waals surface area contributed by atoms with E-state index in [0.717, 1.165) is 16.9 Å². The van der Waals surface area contributed by atoms with Crippen molar-refractivity contribution in [3.05, 3.63) is 41.0 Å².